The van der Waals surface area contributed by atoms with Gasteiger partial charge in [-0.25, -0.2) is 0 Å². The summed E-state index contributed by atoms with van der Waals surface area (Å²) < 4.78 is 5.35. The largest absolute Gasteiger partial charge is 0.381 e. The Balaban J connectivity index is 2.32. The van der Waals surface area contributed by atoms with E-state index in [1.54, 1.807) is 0 Å². The van der Waals surface area contributed by atoms with E-state index in [9.17, 15) is 0 Å². The fourth-order valence-corrected chi connectivity index (χ4v) is 1.55. The predicted octanol–water partition coefficient (Wildman–Crippen LogP) is 2.07. The second kappa shape index (κ2) is 3.21. The van der Waals surface area contributed by atoms with E-state index >= 15 is 0 Å². The maximum absolute atomic E-state index is 5.35. The van der Waals surface area contributed by atoms with Crippen LogP contribution in [-0.4, -0.2) is 13.2 Å². The first-order valence-corrected chi connectivity index (χ1v) is 3.96. The number of hydrogen-bond acceptors (Lipinski definition) is 1. The van der Waals surface area contributed by atoms with Gasteiger partial charge in [0.25, 0.3) is 0 Å². The summed E-state index contributed by atoms with van der Waals surface area (Å²) in [6.45, 7) is 6.52. The second-order valence-electron chi connectivity index (χ2n) is 2.87. The SMILES string of the molecule is CC[C@@H]1COC[C@@H]1CC. The lowest BCUT2D eigenvalue weighted by Gasteiger charge is -2.11. The quantitative estimate of drug-likeness (QED) is 0.553. The van der Waals surface area contributed by atoms with Crippen LogP contribution in [0.15, 0.2) is 0 Å². The third-order valence-electron chi connectivity index (χ3n) is 2.38. The Hall–Kier alpha value is -0.0400. The summed E-state index contributed by atoms with van der Waals surface area (Å²) in [6.07, 6.45) is 2.58. The van der Waals surface area contributed by atoms with Gasteiger partial charge >= 0.3 is 0 Å². The van der Waals surface area contributed by atoms with E-state index in [4.69, 9.17) is 4.74 Å². The van der Waals surface area contributed by atoms with Crippen LogP contribution < -0.4 is 0 Å². The first-order valence-electron chi connectivity index (χ1n) is 3.96. The average molecular weight is 128 g/mol. The van der Waals surface area contributed by atoms with Gasteiger partial charge in [-0.15, -0.1) is 0 Å². The van der Waals surface area contributed by atoms with E-state index in [0.29, 0.717) is 0 Å². The lowest BCUT2D eigenvalue weighted by atomic mass is 9.92. The van der Waals surface area contributed by atoms with Crippen molar-refractivity contribution in [1.82, 2.24) is 0 Å². The molecular weight excluding hydrogens is 112 g/mol. The summed E-state index contributed by atoms with van der Waals surface area (Å²) >= 11 is 0. The maximum Gasteiger partial charge on any atom is 0.0497 e. The van der Waals surface area contributed by atoms with Crippen LogP contribution >= 0.6 is 0 Å². The number of rotatable bonds is 2. The van der Waals surface area contributed by atoms with E-state index in [1.807, 2.05) is 0 Å². The molecule has 1 saturated heterocycles. The highest BCUT2D eigenvalue weighted by Crippen LogP contribution is 2.25. The highest BCUT2D eigenvalue weighted by Gasteiger charge is 2.24. The van der Waals surface area contributed by atoms with Gasteiger partial charge in [0, 0.05) is 13.2 Å². The van der Waals surface area contributed by atoms with E-state index in [-0.39, 0.29) is 0 Å². The van der Waals surface area contributed by atoms with Crippen molar-refractivity contribution in [2.24, 2.45) is 11.8 Å². The Bertz CT molecular complexity index is 70.6. The smallest absolute Gasteiger partial charge is 0.0497 e. The molecule has 1 heteroatoms. The molecule has 0 radical (unpaired) electrons. The van der Waals surface area contributed by atoms with Gasteiger partial charge in [-0.05, 0) is 11.8 Å². The summed E-state index contributed by atoms with van der Waals surface area (Å²) in [5.41, 5.74) is 0. The normalized spacial score (nSPS) is 35.3. The molecule has 1 aliphatic rings. The molecule has 9 heavy (non-hydrogen) atoms. The van der Waals surface area contributed by atoms with Crippen molar-refractivity contribution in [2.75, 3.05) is 13.2 Å². The molecule has 0 N–H and O–H groups in total. The predicted molar refractivity (Wildman–Crippen MR) is 38.4 cm³/mol. The minimum absolute atomic E-state index is 0.856. The summed E-state index contributed by atoms with van der Waals surface area (Å²) in [5.74, 6) is 1.71. The van der Waals surface area contributed by atoms with Crippen molar-refractivity contribution in [3.05, 3.63) is 0 Å². The van der Waals surface area contributed by atoms with E-state index in [1.165, 1.54) is 12.8 Å². The molecular formula is C8H16O. The van der Waals surface area contributed by atoms with Crippen LogP contribution in [0.5, 0.6) is 0 Å². The molecule has 54 valence electrons. The molecule has 1 rings (SSSR count). The molecule has 1 aliphatic heterocycles. The molecule has 0 aliphatic carbocycles. The molecule has 0 aromatic rings. The molecule has 1 nitrogen and oxygen atoms in total. The Morgan fingerprint density at radius 1 is 1.11 bits per heavy atom. The average Bonchev–Trinajstić information content (AvgIpc) is 2.33. The topological polar surface area (TPSA) is 9.23 Å². The fraction of sp³-hybridized carbons (Fsp3) is 1.00. The monoisotopic (exact) mass is 128 g/mol. The second-order valence-corrected chi connectivity index (χ2v) is 2.87. The molecule has 0 unspecified atom stereocenters. The van der Waals surface area contributed by atoms with Gasteiger partial charge in [0.2, 0.25) is 0 Å². The summed E-state index contributed by atoms with van der Waals surface area (Å²) in [5, 5.41) is 0. The fourth-order valence-electron chi connectivity index (χ4n) is 1.55. The van der Waals surface area contributed by atoms with Crippen LogP contribution in [0.1, 0.15) is 26.7 Å². The molecule has 1 heterocycles. The molecule has 0 bridgehead atoms. The number of ether oxygens (including phenoxy) is 1. The van der Waals surface area contributed by atoms with E-state index < -0.39 is 0 Å². The zero-order valence-electron chi connectivity index (χ0n) is 6.39. The highest BCUT2D eigenvalue weighted by atomic mass is 16.5. The van der Waals surface area contributed by atoms with Crippen molar-refractivity contribution in [1.29, 1.82) is 0 Å². The Morgan fingerprint density at radius 2 is 1.56 bits per heavy atom. The van der Waals surface area contributed by atoms with Gasteiger partial charge in [0.1, 0.15) is 0 Å². The van der Waals surface area contributed by atoms with Crippen molar-refractivity contribution in [3.63, 3.8) is 0 Å². The summed E-state index contributed by atoms with van der Waals surface area (Å²) in [4.78, 5) is 0. The van der Waals surface area contributed by atoms with Crippen LogP contribution in [0.25, 0.3) is 0 Å². The first-order chi connectivity index (χ1) is 4.38. The Morgan fingerprint density at radius 3 is 1.89 bits per heavy atom. The molecule has 0 spiro atoms. The van der Waals surface area contributed by atoms with E-state index in [0.717, 1.165) is 25.0 Å². The Labute approximate surface area is 57.4 Å². The van der Waals surface area contributed by atoms with Crippen LogP contribution in [0.3, 0.4) is 0 Å². The van der Waals surface area contributed by atoms with Crippen molar-refractivity contribution < 1.29 is 4.74 Å². The van der Waals surface area contributed by atoms with Crippen LogP contribution in [0, 0.1) is 11.8 Å². The van der Waals surface area contributed by atoms with E-state index in [2.05, 4.69) is 13.8 Å². The van der Waals surface area contributed by atoms with Crippen LogP contribution in [-0.2, 0) is 4.74 Å². The summed E-state index contributed by atoms with van der Waals surface area (Å²) in [6, 6.07) is 0. The Kier molecular flexibility index (Phi) is 2.52. The van der Waals surface area contributed by atoms with Gasteiger partial charge in [0.05, 0.1) is 0 Å². The van der Waals surface area contributed by atoms with Gasteiger partial charge in [-0.2, -0.15) is 0 Å². The minimum atomic E-state index is 0.856. The zero-order chi connectivity index (χ0) is 6.69. The van der Waals surface area contributed by atoms with Gasteiger partial charge in [-0.3, -0.25) is 0 Å². The van der Waals surface area contributed by atoms with Crippen LogP contribution in [0.2, 0.25) is 0 Å². The van der Waals surface area contributed by atoms with Crippen molar-refractivity contribution >= 4 is 0 Å². The minimum Gasteiger partial charge on any atom is -0.381 e. The van der Waals surface area contributed by atoms with Crippen molar-refractivity contribution in [3.8, 4) is 0 Å². The standard InChI is InChI=1S/C8H16O/c1-3-7-5-9-6-8(7)4-2/h7-8H,3-6H2,1-2H3/t7-,8+. The van der Waals surface area contributed by atoms with Gasteiger partial charge < -0.3 is 4.74 Å². The maximum atomic E-state index is 5.35. The molecule has 0 saturated carbocycles. The molecule has 0 aromatic carbocycles. The third kappa shape index (κ3) is 1.45. The first kappa shape index (κ1) is 7.07. The highest BCUT2D eigenvalue weighted by molar-refractivity contribution is 4.72. The van der Waals surface area contributed by atoms with Gasteiger partial charge in [-0.1, -0.05) is 26.7 Å². The third-order valence-corrected chi connectivity index (χ3v) is 2.38. The summed E-state index contributed by atoms with van der Waals surface area (Å²) in [7, 11) is 0. The molecule has 0 aromatic heterocycles. The van der Waals surface area contributed by atoms with Crippen molar-refractivity contribution in [2.45, 2.75) is 26.7 Å². The van der Waals surface area contributed by atoms with Crippen LogP contribution in [0.4, 0.5) is 0 Å². The molecule has 0 amide bonds. The van der Waals surface area contributed by atoms with Gasteiger partial charge in [0.15, 0.2) is 0 Å². The lowest BCUT2D eigenvalue weighted by molar-refractivity contribution is 0.179. The molecule has 1 fully saturated rings. The lowest BCUT2D eigenvalue weighted by Crippen LogP contribution is -2.09. The zero-order valence-corrected chi connectivity index (χ0v) is 6.39. The molecule has 2 atom stereocenters. The number of hydrogen-bond donors (Lipinski definition) is 0.